The number of carbonyl (C=O) groups is 1. The van der Waals surface area contributed by atoms with Gasteiger partial charge in [0.25, 0.3) is 5.56 Å². The number of amides is 1. The molecule has 1 fully saturated rings. The van der Waals surface area contributed by atoms with E-state index in [1.165, 1.54) is 0 Å². The minimum atomic E-state index is -0.507. The number of nitriles is 1. The Labute approximate surface area is 184 Å². The van der Waals surface area contributed by atoms with Crippen LogP contribution < -0.4 is 5.56 Å². The van der Waals surface area contributed by atoms with Crippen molar-refractivity contribution < 1.29 is 9.53 Å². The van der Waals surface area contributed by atoms with Gasteiger partial charge in [0.2, 0.25) is 0 Å². The van der Waals surface area contributed by atoms with E-state index in [4.69, 9.17) is 4.74 Å². The maximum absolute atomic E-state index is 12.6. The summed E-state index contributed by atoms with van der Waals surface area (Å²) in [6, 6.07) is 13.8. The average Bonchev–Trinajstić information content (AvgIpc) is 2.73. The highest BCUT2D eigenvalue weighted by Crippen LogP contribution is 2.31. The van der Waals surface area contributed by atoms with Crippen molar-refractivity contribution in [1.29, 1.82) is 5.26 Å². The molecule has 6 nitrogen and oxygen atoms in total. The Morgan fingerprint density at radius 2 is 1.74 bits per heavy atom. The van der Waals surface area contributed by atoms with Crippen LogP contribution in [0.5, 0.6) is 0 Å². The van der Waals surface area contributed by atoms with Crippen LogP contribution in [0.3, 0.4) is 0 Å². The zero-order valence-corrected chi connectivity index (χ0v) is 19.0. The van der Waals surface area contributed by atoms with Crippen LogP contribution in [-0.4, -0.2) is 28.2 Å². The number of hydrogen-bond acceptors (Lipinski definition) is 4. The van der Waals surface area contributed by atoms with Gasteiger partial charge in [0.05, 0.1) is 17.5 Å². The molecule has 1 amide bonds. The molecule has 164 valence electrons. The van der Waals surface area contributed by atoms with E-state index in [1.807, 2.05) is 71.1 Å². The number of ether oxygens (including phenoxy) is 1. The largest absolute Gasteiger partial charge is 0.446 e. The third-order valence-electron chi connectivity index (χ3n) is 5.92. The summed E-state index contributed by atoms with van der Waals surface area (Å²) in [7, 11) is 0. The smallest absolute Gasteiger partial charge is 0.410 e. The van der Waals surface area contributed by atoms with Crippen molar-refractivity contribution in [1.82, 2.24) is 9.47 Å². The van der Waals surface area contributed by atoms with Gasteiger partial charge in [0.1, 0.15) is 6.10 Å². The standard InChI is InChI=1S/C25H31N3O3/c1-17(2)28-15-21(10-11-23(28)29)20-8-6-19(7-9-20)18(3)27-13-12-22(31-24(27)30)14-25(4,5)16-26/h6-11,15,17-18,22H,12-14H2,1-5H3/t18-,22-/m0/s1. The van der Waals surface area contributed by atoms with E-state index in [0.29, 0.717) is 13.0 Å². The first-order chi connectivity index (χ1) is 14.6. The lowest BCUT2D eigenvalue weighted by molar-refractivity contribution is 0.000798. The number of cyclic esters (lactones) is 1. The summed E-state index contributed by atoms with van der Waals surface area (Å²) >= 11 is 0. The molecule has 2 heterocycles. The Morgan fingerprint density at radius 1 is 1.10 bits per heavy atom. The van der Waals surface area contributed by atoms with Crippen LogP contribution in [0.2, 0.25) is 0 Å². The molecule has 0 radical (unpaired) electrons. The molecule has 31 heavy (non-hydrogen) atoms. The highest BCUT2D eigenvalue weighted by atomic mass is 16.6. The first kappa shape index (κ1) is 22.6. The van der Waals surface area contributed by atoms with Gasteiger partial charge in [0.15, 0.2) is 0 Å². The number of nitrogens with zero attached hydrogens (tertiary/aromatic N) is 3. The van der Waals surface area contributed by atoms with E-state index < -0.39 is 5.41 Å². The SMILES string of the molecule is CC(C)n1cc(-c2ccc([C@H](C)N3CC[C@@H](CC(C)(C)C#N)OC3=O)cc2)ccc1=O. The summed E-state index contributed by atoms with van der Waals surface area (Å²) in [6.45, 7) is 10.3. The fourth-order valence-corrected chi connectivity index (χ4v) is 3.97. The molecule has 3 rings (SSSR count). The average molecular weight is 422 g/mol. The Balaban J connectivity index is 1.71. The number of rotatable bonds is 6. The molecule has 1 aliphatic rings. The molecule has 0 N–H and O–H groups in total. The Kier molecular flexibility index (Phi) is 6.54. The van der Waals surface area contributed by atoms with E-state index in [1.54, 1.807) is 15.5 Å². The topological polar surface area (TPSA) is 75.3 Å². The van der Waals surface area contributed by atoms with E-state index >= 15 is 0 Å². The number of pyridine rings is 1. The second-order valence-electron chi connectivity index (χ2n) is 9.24. The van der Waals surface area contributed by atoms with Gasteiger partial charge in [-0.15, -0.1) is 0 Å². The first-order valence-corrected chi connectivity index (χ1v) is 10.8. The second kappa shape index (κ2) is 8.97. The molecule has 1 saturated heterocycles. The van der Waals surface area contributed by atoms with E-state index in [9.17, 15) is 14.9 Å². The summed E-state index contributed by atoms with van der Waals surface area (Å²) in [4.78, 5) is 26.4. The van der Waals surface area contributed by atoms with Crippen molar-refractivity contribution in [2.75, 3.05) is 6.54 Å². The first-order valence-electron chi connectivity index (χ1n) is 10.8. The lowest BCUT2D eigenvalue weighted by Gasteiger charge is -2.37. The molecular weight excluding hydrogens is 390 g/mol. The third kappa shape index (κ3) is 5.16. The maximum atomic E-state index is 12.6. The maximum Gasteiger partial charge on any atom is 0.410 e. The van der Waals surface area contributed by atoms with Crippen LogP contribution >= 0.6 is 0 Å². The van der Waals surface area contributed by atoms with E-state index in [-0.39, 0.29) is 29.8 Å². The summed E-state index contributed by atoms with van der Waals surface area (Å²) in [5.41, 5.74) is 2.50. The third-order valence-corrected chi connectivity index (χ3v) is 5.92. The van der Waals surface area contributed by atoms with E-state index in [0.717, 1.165) is 23.1 Å². The van der Waals surface area contributed by atoms with Crippen molar-refractivity contribution in [3.8, 4) is 17.2 Å². The highest BCUT2D eigenvalue weighted by Gasteiger charge is 2.34. The van der Waals surface area contributed by atoms with Crippen molar-refractivity contribution >= 4 is 6.09 Å². The van der Waals surface area contributed by atoms with Gasteiger partial charge >= 0.3 is 6.09 Å². The molecule has 1 aromatic heterocycles. The normalized spacial score (nSPS) is 17.9. The highest BCUT2D eigenvalue weighted by molar-refractivity contribution is 5.69. The second-order valence-corrected chi connectivity index (χ2v) is 9.24. The number of benzene rings is 1. The molecular formula is C25H31N3O3. The van der Waals surface area contributed by atoms with Gasteiger partial charge in [-0.05, 0) is 57.4 Å². The quantitative estimate of drug-likeness (QED) is 0.634. The predicted octanol–water partition coefficient (Wildman–Crippen LogP) is 5.31. The van der Waals surface area contributed by atoms with Crippen LogP contribution in [0.15, 0.2) is 47.4 Å². The fourth-order valence-electron chi connectivity index (χ4n) is 3.97. The fraction of sp³-hybridized carbons (Fsp3) is 0.480. The molecule has 1 aliphatic heterocycles. The van der Waals surface area contributed by atoms with Crippen LogP contribution in [0.1, 0.15) is 65.1 Å². The van der Waals surface area contributed by atoms with Crippen molar-refractivity contribution in [2.45, 2.75) is 65.6 Å². The Morgan fingerprint density at radius 3 is 2.32 bits per heavy atom. The Bertz CT molecular complexity index is 1030. The number of carbonyl (C=O) groups excluding carboxylic acids is 1. The Hall–Kier alpha value is -3.07. The minimum absolute atomic E-state index is 0.0101. The van der Waals surface area contributed by atoms with Crippen LogP contribution in [0.25, 0.3) is 11.1 Å². The molecule has 0 bridgehead atoms. The van der Waals surface area contributed by atoms with Gasteiger partial charge in [-0.25, -0.2) is 4.79 Å². The van der Waals surface area contributed by atoms with Gasteiger partial charge in [0, 0.05) is 37.7 Å². The predicted molar refractivity (Wildman–Crippen MR) is 121 cm³/mol. The van der Waals surface area contributed by atoms with Gasteiger partial charge < -0.3 is 14.2 Å². The lowest BCUT2D eigenvalue weighted by atomic mass is 9.87. The zero-order chi connectivity index (χ0) is 22.8. The van der Waals surface area contributed by atoms with Crippen LogP contribution in [0.4, 0.5) is 4.79 Å². The van der Waals surface area contributed by atoms with Gasteiger partial charge in [-0.1, -0.05) is 24.3 Å². The van der Waals surface area contributed by atoms with Crippen molar-refractivity contribution in [3.05, 3.63) is 58.5 Å². The zero-order valence-electron chi connectivity index (χ0n) is 19.0. The lowest BCUT2D eigenvalue weighted by Crippen LogP contribution is -2.44. The molecule has 0 spiro atoms. The molecule has 2 atom stereocenters. The van der Waals surface area contributed by atoms with Crippen molar-refractivity contribution in [2.24, 2.45) is 5.41 Å². The molecule has 0 unspecified atom stereocenters. The molecule has 2 aromatic rings. The summed E-state index contributed by atoms with van der Waals surface area (Å²) in [5, 5.41) is 9.22. The summed E-state index contributed by atoms with van der Waals surface area (Å²) < 4.78 is 7.34. The monoisotopic (exact) mass is 421 g/mol. The minimum Gasteiger partial charge on any atom is -0.446 e. The molecule has 6 heteroatoms. The molecule has 1 aromatic carbocycles. The summed E-state index contributed by atoms with van der Waals surface area (Å²) in [6.07, 6.45) is 2.60. The van der Waals surface area contributed by atoms with E-state index in [2.05, 4.69) is 6.07 Å². The van der Waals surface area contributed by atoms with Crippen LogP contribution in [0, 0.1) is 16.7 Å². The van der Waals surface area contributed by atoms with Gasteiger partial charge in [-0.2, -0.15) is 5.26 Å². The summed E-state index contributed by atoms with van der Waals surface area (Å²) in [5.74, 6) is 0. The van der Waals surface area contributed by atoms with Crippen LogP contribution in [-0.2, 0) is 4.74 Å². The van der Waals surface area contributed by atoms with Gasteiger partial charge in [-0.3, -0.25) is 4.79 Å². The number of aromatic nitrogens is 1. The number of hydrogen-bond donors (Lipinski definition) is 0. The molecule has 0 saturated carbocycles. The molecule has 0 aliphatic carbocycles. The van der Waals surface area contributed by atoms with Crippen molar-refractivity contribution in [3.63, 3.8) is 0 Å².